The van der Waals surface area contributed by atoms with E-state index in [2.05, 4.69) is 31.4 Å². The number of aliphatic carboxylic acids is 1. The van der Waals surface area contributed by atoms with Crippen LogP contribution in [0.4, 0.5) is 5.69 Å². The first-order valence-electron chi connectivity index (χ1n) is 9.90. The molecule has 1 spiro atoms. The Labute approximate surface area is 185 Å². The summed E-state index contributed by atoms with van der Waals surface area (Å²) in [7, 11) is 0. The van der Waals surface area contributed by atoms with E-state index in [0.29, 0.717) is 22.2 Å². The van der Waals surface area contributed by atoms with Gasteiger partial charge in [-0.25, -0.2) is 0 Å². The van der Waals surface area contributed by atoms with Crippen molar-refractivity contribution < 1.29 is 14.7 Å². The topological polar surface area (TPSA) is 78.4 Å². The fourth-order valence-corrected chi connectivity index (χ4v) is 5.48. The molecule has 2 aromatic carbocycles. The molecule has 0 bridgehead atoms. The molecular weight excluding hydrogens is 423 g/mol. The number of halogens is 2. The van der Waals surface area contributed by atoms with Crippen molar-refractivity contribution in [3.05, 3.63) is 63.6 Å². The maximum absolute atomic E-state index is 13.7. The summed E-state index contributed by atoms with van der Waals surface area (Å²) in [4.78, 5) is 26.0. The Bertz CT molecular complexity index is 1030. The van der Waals surface area contributed by atoms with Gasteiger partial charge in [-0.05, 0) is 47.2 Å². The molecule has 30 heavy (non-hydrogen) atoms. The quantitative estimate of drug-likeness (QED) is 0.630. The molecule has 1 saturated heterocycles. The first kappa shape index (κ1) is 21.2. The molecule has 2 aromatic rings. The molecule has 0 aliphatic carbocycles. The highest BCUT2D eigenvalue weighted by molar-refractivity contribution is 6.31. The average molecular weight is 447 g/mol. The van der Waals surface area contributed by atoms with Crippen molar-refractivity contribution in [2.45, 2.75) is 50.6 Å². The van der Waals surface area contributed by atoms with Crippen LogP contribution >= 0.6 is 23.2 Å². The van der Waals surface area contributed by atoms with Crippen LogP contribution in [0.5, 0.6) is 0 Å². The maximum atomic E-state index is 13.7. The summed E-state index contributed by atoms with van der Waals surface area (Å²) < 4.78 is 0. The molecule has 0 unspecified atom stereocenters. The first-order chi connectivity index (χ1) is 14.0. The Hall–Kier alpha value is -2.08. The molecule has 158 valence electrons. The number of nitrogens with one attached hydrogen (secondary N) is 2. The number of carboxylic acid groups (broad SMARTS) is 1. The van der Waals surface area contributed by atoms with Crippen LogP contribution in [0.1, 0.15) is 44.2 Å². The second-order valence-corrected chi connectivity index (χ2v) is 10.2. The lowest BCUT2D eigenvalue weighted by molar-refractivity contribution is -0.139. The summed E-state index contributed by atoms with van der Waals surface area (Å²) in [6, 6.07) is 11.1. The summed E-state index contributed by atoms with van der Waals surface area (Å²) in [6.07, 6.45) is 0.614. The zero-order valence-electron chi connectivity index (χ0n) is 17.0. The number of anilines is 1. The second-order valence-electron chi connectivity index (χ2n) is 9.35. The van der Waals surface area contributed by atoms with Gasteiger partial charge in [0.1, 0.15) is 11.5 Å². The van der Waals surface area contributed by atoms with E-state index in [9.17, 15) is 14.7 Å². The minimum absolute atomic E-state index is 0.133. The van der Waals surface area contributed by atoms with Gasteiger partial charge in [-0.15, -0.1) is 0 Å². The fraction of sp³-hybridized carbons (Fsp3) is 0.391. The lowest BCUT2D eigenvalue weighted by atomic mass is 9.62. The highest BCUT2D eigenvalue weighted by Crippen LogP contribution is 2.56. The van der Waals surface area contributed by atoms with Gasteiger partial charge in [0.25, 0.3) is 0 Å². The van der Waals surface area contributed by atoms with E-state index in [1.165, 1.54) is 0 Å². The van der Waals surface area contributed by atoms with E-state index in [4.69, 9.17) is 23.2 Å². The van der Waals surface area contributed by atoms with Gasteiger partial charge in [0.2, 0.25) is 5.91 Å². The highest BCUT2D eigenvalue weighted by Gasteiger charge is 2.65. The molecule has 0 saturated carbocycles. The molecule has 0 aromatic heterocycles. The van der Waals surface area contributed by atoms with E-state index in [0.717, 1.165) is 11.1 Å². The molecule has 0 radical (unpaired) electrons. The smallest absolute Gasteiger partial charge is 0.321 e. The third-order valence-electron chi connectivity index (χ3n) is 6.10. The number of carbonyl (C=O) groups is 2. The predicted molar refractivity (Wildman–Crippen MR) is 118 cm³/mol. The van der Waals surface area contributed by atoms with Crippen LogP contribution in [0.3, 0.4) is 0 Å². The standard InChI is InChI=1S/C23H24Cl2N2O3/c1-22(2,3)11-17-23(15-8-7-14(25)10-16(15)26-21(23)30)18(19(27-17)20(28)29)12-5-4-6-13(24)9-12/h4-10,17-19,27H,11H2,1-3H3,(H,26,30)(H,28,29)/t17-,18-,19+,23+/m1/s1. The van der Waals surface area contributed by atoms with E-state index >= 15 is 0 Å². The summed E-state index contributed by atoms with van der Waals surface area (Å²) in [6.45, 7) is 6.25. The maximum Gasteiger partial charge on any atom is 0.321 e. The second kappa shape index (κ2) is 7.26. The SMILES string of the molecule is CC(C)(C)C[C@H]1N[C@H](C(=O)O)[C@@H](c2cccc(Cl)c2)[C@@]12C(=O)Nc1cc(Cl)ccc12. The first-order valence-corrected chi connectivity index (χ1v) is 10.7. The number of carboxylic acids is 1. The largest absolute Gasteiger partial charge is 0.480 e. The molecule has 2 aliphatic rings. The van der Waals surface area contributed by atoms with Crippen molar-refractivity contribution in [2.24, 2.45) is 5.41 Å². The van der Waals surface area contributed by atoms with E-state index < -0.39 is 23.3 Å². The molecular formula is C23H24Cl2N2O3. The zero-order valence-corrected chi connectivity index (χ0v) is 18.5. The van der Waals surface area contributed by atoms with Gasteiger partial charge in [-0.3, -0.25) is 14.9 Å². The molecule has 5 nitrogen and oxygen atoms in total. The van der Waals surface area contributed by atoms with Crippen LogP contribution in [0.25, 0.3) is 0 Å². The molecule has 7 heteroatoms. The van der Waals surface area contributed by atoms with Gasteiger partial charge in [0, 0.05) is 27.7 Å². The molecule has 1 fully saturated rings. The lowest BCUT2D eigenvalue weighted by Crippen LogP contribution is -2.49. The monoisotopic (exact) mass is 446 g/mol. The van der Waals surface area contributed by atoms with Gasteiger partial charge in [0.15, 0.2) is 0 Å². The Morgan fingerprint density at radius 1 is 1.13 bits per heavy atom. The van der Waals surface area contributed by atoms with Crippen molar-refractivity contribution in [1.82, 2.24) is 5.32 Å². The van der Waals surface area contributed by atoms with Gasteiger partial charge >= 0.3 is 5.97 Å². The van der Waals surface area contributed by atoms with E-state index in [-0.39, 0.29) is 17.4 Å². The number of amides is 1. The molecule has 4 rings (SSSR count). The lowest BCUT2D eigenvalue weighted by Gasteiger charge is -2.37. The van der Waals surface area contributed by atoms with Crippen LogP contribution in [0.2, 0.25) is 10.0 Å². The van der Waals surface area contributed by atoms with Crippen molar-refractivity contribution in [3.8, 4) is 0 Å². The molecule has 3 N–H and O–H groups in total. The minimum atomic E-state index is -1.10. The normalized spacial score (nSPS) is 27.9. The Morgan fingerprint density at radius 2 is 1.83 bits per heavy atom. The number of rotatable bonds is 3. The average Bonchev–Trinajstić information content (AvgIpc) is 3.10. The number of benzene rings is 2. The van der Waals surface area contributed by atoms with Crippen LogP contribution in [-0.4, -0.2) is 29.1 Å². The number of hydrogen-bond acceptors (Lipinski definition) is 3. The third-order valence-corrected chi connectivity index (χ3v) is 6.57. The summed E-state index contributed by atoms with van der Waals surface area (Å²) in [5.74, 6) is -1.84. The number of carbonyl (C=O) groups excluding carboxylic acids is 1. The molecule has 4 atom stereocenters. The molecule has 1 amide bonds. The predicted octanol–water partition coefficient (Wildman–Crippen LogP) is 4.83. The fourth-order valence-electron chi connectivity index (χ4n) is 5.11. The van der Waals surface area contributed by atoms with Crippen molar-refractivity contribution in [1.29, 1.82) is 0 Å². The summed E-state index contributed by atoms with van der Waals surface area (Å²) >= 11 is 12.4. The molecule has 2 heterocycles. The summed E-state index contributed by atoms with van der Waals surface area (Å²) in [5, 5.41) is 17.4. The van der Waals surface area contributed by atoms with Gasteiger partial charge < -0.3 is 10.4 Å². The van der Waals surface area contributed by atoms with Gasteiger partial charge in [0.05, 0.1) is 0 Å². The van der Waals surface area contributed by atoms with Crippen LogP contribution < -0.4 is 10.6 Å². The van der Waals surface area contributed by atoms with Crippen LogP contribution in [0, 0.1) is 5.41 Å². The third kappa shape index (κ3) is 3.29. The zero-order chi connectivity index (χ0) is 21.8. The number of fused-ring (bicyclic) bond motifs is 2. The minimum Gasteiger partial charge on any atom is -0.480 e. The Morgan fingerprint density at radius 3 is 2.47 bits per heavy atom. The van der Waals surface area contributed by atoms with Crippen molar-refractivity contribution >= 4 is 40.8 Å². The van der Waals surface area contributed by atoms with E-state index in [1.54, 1.807) is 30.3 Å². The number of hydrogen-bond donors (Lipinski definition) is 3. The van der Waals surface area contributed by atoms with Crippen LogP contribution in [0.15, 0.2) is 42.5 Å². The van der Waals surface area contributed by atoms with Crippen molar-refractivity contribution in [3.63, 3.8) is 0 Å². The Kier molecular flexibility index (Phi) is 5.12. The Balaban J connectivity index is 2.00. The van der Waals surface area contributed by atoms with E-state index in [1.807, 2.05) is 12.1 Å². The molecule has 2 aliphatic heterocycles. The van der Waals surface area contributed by atoms with Gasteiger partial charge in [-0.1, -0.05) is 62.2 Å². The van der Waals surface area contributed by atoms with Crippen LogP contribution in [-0.2, 0) is 15.0 Å². The van der Waals surface area contributed by atoms with Gasteiger partial charge in [-0.2, -0.15) is 0 Å². The van der Waals surface area contributed by atoms with Crippen molar-refractivity contribution in [2.75, 3.05) is 5.32 Å². The summed E-state index contributed by atoms with van der Waals surface area (Å²) in [5.41, 5.74) is 0.892. The highest BCUT2D eigenvalue weighted by atomic mass is 35.5.